The van der Waals surface area contributed by atoms with Gasteiger partial charge in [0.15, 0.2) is 0 Å². The lowest BCUT2D eigenvalue weighted by molar-refractivity contribution is -0.160. The van der Waals surface area contributed by atoms with Gasteiger partial charge < -0.3 is 15.4 Å². The highest BCUT2D eigenvalue weighted by atomic mass is 19.3. The molecule has 0 spiro atoms. The van der Waals surface area contributed by atoms with Crippen LogP contribution in [-0.4, -0.2) is 98.3 Å². The number of nitrogens with one attached hydrogen (secondary N) is 2. The molecule has 5 nitrogen and oxygen atoms in total. The van der Waals surface area contributed by atoms with Gasteiger partial charge in [-0.05, 0) is 79.3 Å². The number of hydrogen-bond acceptors (Lipinski definition) is 5. The van der Waals surface area contributed by atoms with E-state index >= 15 is 0 Å². The van der Waals surface area contributed by atoms with Crippen molar-refractivity contribution >= 4 is 0 Å². The van der Waals surface area contributed by atoms with E-state index in [0.29, 0.717) is 12.1 Å². The average Bonchev–Trinajstić information content (AvgIpc) is 3.46. The van der Waals surface area contributed by atoms with Gasteiger partial charge in [-0.25, -0.2) is 17.6 Å². The molecule has 0 aromatic heterocycles. The number of nitrogens with zero attached hydrogens (tertiary/aromatic N) is 2. The third kappa shape index (κ3) is 26.4. The Hall–Kier alpha value is -0.480. The van der Waals surface area contributed by atoms with Crippen LogP contribution in [0.1, 0.15) is 102 Å². The largest absolute Gasteiger partial charge is 0.379 e. The lowest BCUT2D eigenvalue weighted by Gasteiger charge is -2.47. The van der Waals surface area contributed by atoms with Crippen LogP contribution in [0.3, 0.4) is 0 Å². The van der Waals surface area contributed by atoms with E-state index in [2.05, 4.69) is 77.8 Å². The fraction of sp³-hybridized carbons (Fsp3) is 1.00. The van der Waals surface area contributed by atoms with Crippen molar-refractivity contribution < 1.29 is 22.3 Å². The summed E-state index contributed by atoms with van der Waals surface area (Å²) >= 11 is 0. The number of hydrogen-bond donors (Lipinski definition) is 2. The van der Waals surface area contributed by atoms with Crippen molar-refractivity contribution in [2.75, 3.05) is 65.6 Å². The van der Waals surface area contributed by atoms with E-state index < -0.39 is 11.8 Å². The number of morpholine rings is 1. The molecule has 4 aliphatic heterocycles. The van der Waals surface area contributed by atoms with Gasteiger partial charge in [-0.1, -0.05) is 41.5 Å². The molecule has 0 amide bonds. The fourth-order valence-corrected chi connectivity index (χ4v) is 3.48. The minimum Gasteiger partial charge on any atom is -0.379 e. The molecule has 4 aliphatic rings. The molecule has 0 atom stereocenters. The Morgan fingerprint density at radius 1 is 0.625 bits per heavy atom. The first kappa shape index (κ1) is 41.7. The topological polar surface area (TPSA) is 39.8 Å². The molecular weight excluding hydrogens is 520 g/mol. The molecule has 0 bridgehead atoms. The molecule has 4 heterocycles. The quantitative estimate of drug-likeness (QED) is 0.295. The van der Waals surface area contributed by atoms with E-state index in [-0.39, 0.29) is 31.6 Å². The molecule has 2 N–H and O–H groups in total. The van der Waals surface area contributed by atoms with E-state index in [1.165, 1.54) is 25.9 Å². The number of ether oxygens (including phenoxy) is 1. The van der Waals surface area contributed by atoms with Crippen LogP contribution in [0, 0.1) is 11.8 Å². The molecule has 0 unspecified atom stereocenters. The van der Waals surface area contributed by atoms with E-state index in [9.17, 15) is 17.6 Å². The SMILES string of the molecule is C1CCNC1.CC(C)(C)N1CC(F)(F)C1.CC(C)(C)N1CCOCC1.CC(C)C.CC(C)C.FC1(F)CCNC1. The average molecular weight is 587 g/mol. The van der Waals surface area contributed by atoms with Crippen LogP contribution >= 0.6 is 0 Å². The van der Waals surface area contributed by atoms with Crippen LogP contribution in [0.25, 0.3) is 0 Å². The first-order valence-corrected chi connectivity index (χ1v) is 15.3. The molecule has 0 radical (unpaired) electrons. The van der Waals surface area contributed by atoms with E-state index in [1.54, 1.807) is 4.90 Å². The molecular formula is C31H66F4N4O. The number of rotatable bonds is 0. The summed E-state index contributed by atoms with van der Waals surface area (Å²) in [4.78, 5) is 4.23. The molecule has 0 aromatic rings. The van der Waals surface area contributed by atoms with Gasteiger partial charge in [0.2, 0.25) is 0 Å². The van der Waals surface area contributed by atoms with Crippen LogP contribution in [0.4, 0.5) is 17.6 Å². The lowest BCUT2D eigenvalue weighted by atomic mass is 9.99. The van der Waals surface area contributed by atoms with Gasteiger partial charge in [0, 0.05) is 37.1 Å². The molecule has 4 saturated heterocycles. The minimum atomic E-state index is -2.42. The van der Waals surface area contributed by atoms with Gasteiger partial charge in [0.05, 0.1) is 32.8 Å². The van der Waals surface area contributed by atoms with Gasteiger partial charge in [0.1, 0.15) is 0 Å². The summed E-state index contributed by atoms with van der Waals surface area (Å²) in [7, 11) is 0. The number of alkyl halides is 4. The Kier molecular flexibility index (Phi) is 21.3. The molecule has 40 heavy (non-hydrogen) atoms. The molecule has 9 heteroatoms. The van der Waals surface area contributed by atoms with Crippen molar-refractivity contribution in [1.29, 1.82) is 0 Å². The van der Waals surface area contributed by atoms with E-state index in [0.717, 1.165) is 38.1 Å². The molecule has 0 aliphatic carbocycles. The Labute approximate surface area is 245 Å². The molecule has 0 saturated carbocycles. The van der Waals surface area contributed by atoms with Crippen molar-refractivity contribution in [3.8, 4) is 0 Å². The molecule has 4 fully saturated rings. The summed E-state index contributed by atoms with van der Waals surface area (Å²) in [5, 5.41) is 5.78. The summed E-state index contributed by atoms with van der Waals surface area (Å²) in [6.45, 7) is 32.2. The van der Waals surface area contributed by atoms with Crippen molar-refractivity contribution in [3.05, 3.63) is 0 Å². The zero-order chi connectivity index (χ0) is 31.6. The smallest absolute Gasteiger partial charge is 0.272 e. The Balaban J connectivity index is 0. The predicted molar refractivity (Wildman–Crippen MR) is 164 cm³/mol. The first-order chi connectivity index (χ1) is 18.1. The van der Waals surface area contributed by atoms with Crippen LogP contribution in [0.5, 0.6) is 0 Å². The predicted octanol–water partition coefficient (Wildman–Crippen LogP) is 7.16. The third-order valence-electron chi connectivity index (χ3n) is 5.76. The highest BCUT2D eigenvalue weighted by Crippen LogP contribution is 2.32. The van der Waals surface area contributed by atoms with Gasteiger partial charge >= 0.3 is 0 Å². The van der Waals surface area contributed by atoms with Crippen molar-refractivity contribution in [2.45, 2.75) is 125 Å². The van der Waals surface area contributed by atoms with Gasteiger partial charge in [-0.15, -0.1) is 0 Å². The summed E-state index contributed by atoms with van der Waals surface area (Å²) in [6.07, 6.45) is 2.78. The normalized spacial score (nSPS) is 22.1. The van der Waals surface area contributed by atoms with Crippen LogP contribution in [0.15, 0.2) is 0 Å². The highest BCUT2D eigenvalue weighted by Gasteiger charge is 2.47. The van der Waals surface area contributed by atoms with E-state index in [1.807, 2.05) is 20.8 Å². The summed E-state index contributed by atoms with van der Waals surface area (Å²) in [6, 6.07) is 0. The Bertz CT molecular complexity index is 560. The van der Waals surface area contributed by atoms with Crippen molar-refractivity contribution in [1.82, 2.24) is 20.4 Å². The molecule has 4 rings (SSSR count). The molecule has 244 valence electrons. The zero-order valence-corrected chi connectivity index (χ0v) is 28.2. The van der Waals surface area contributed by atoms with Crippen molar-refractivity contribution in [2.24, 2.45) is 11.8 Å². The monoisotopic (exact) mass is 587 g/mol. The van der Waals surface area contributed by atoms with Crippen molar-refractivity contribution in [3.63, 3.8) is 0 Å². The Morgan fingerprint density at radius 2 is 1.02 bits per heavy atom. The minimum absolute atomic E-state index is 0.00694. The maximum atomic E-state index is 12.3. The van der Waals surface area contributed by atoms with E-state index in [4.69, 9.17) is 4.74 Å². The van der Waals surface area contributed by atoms with Gasteiger partial charge in [-0.2, -0.15) is 0 Å². The summed E-state index contributed by atoms with van der Waals surface area (Å²) in [5.41, 5.74) is 0.228. The van der Waals surface area contributed by atoms with Gasteiger partial charge in [-0.3, -0.25) is 9.80 Å². The maximum Gasteiger partial charge on any atom is 0.272 e. The van der Waals surface area contributed by atoms with Gasteiger partial charge in [0.25, 0.3) is 11.8 Å². The second kappa shape index (κ2) is 20.4. The second-order valence-electron chi connectivity index (χ2n) is 14.4. The Morgan fingerprint density at radius 3 is 1.18 bits per heavy atom. The summed E-state index contributed by atoms with van der Waals surface area (Å²) < 4.78 is 53.6. The van der Waals surface area contributed by atoms with Crippen LogP contribution in [0.2, 0.25) is 0 Å². The third-order valence-corrected chi connectivity index (χ3v) is 5.76. The fourth-order valence-electron chi connectivity index (χ4n) is 3.48. The first-order valence-electron chi connectivity index (χ1n) is 15.3. The lowest BCUT2D eigenvalue weighted by Crippen LogP contribution is -2.62. The standard InChI is InChI=1S/C8H17NO.C7H13F2N.C4H7F2N.C4H9N.2C4H10/c1-8(2,3)9-4-6-10-7-5-9;1-6(2,3)10-4-7(8,9)5-10;5-4(6)1-2-7-3-4;1-2-4-5-3-1;2*1-4(2)3/h4-7H2,1-3H3;4-5H2,1-3H3;7H,1-3H2;5H,1-4H2;2*4H,1-3H3. The van der Waals surface area contributed by atoms with Crippen LogP contribution in [-0.2, 0) is 4.74 Å². The zero-order valence-electron chi connectivity index (χ0n) is 28.2. The maximum absolute atomic E-state index is 12.3. The number of likely N-dealkylation sites (tertiary alicyclic amines) is 1. The van der Waals surface area contributed by atoms with Crippen LogP contribution < -0.4 is 10.6 Å². The number of halogens is 4. The molecule has 0 aromatic carbocycles. The second-order valence-corrected chi connectivity index (χ2v) is 14.4. The highest BCUT2D eigenvalue weighted by molar-refractivity contribution is 4.93. The summed E-state index contributed by atoms with van der Waals surface area (Å²) in [5.74, 6) is -3.17.